The summed E-state index contributed by atoms with van der Waals surface area (Å²) >= 11 is 0. The van der Waals surface area contributed by atoms with E-state index in [1.54, 1.807) is 48.5 Å². The summed E-state index contributed by atoms with van der Waals surface area (Å²) in [6.45, 7) is 1.08. The molecule has 39 heavy (non-hydrogen) atoms. The molecule has 0 unspecified atom stereocenters. The average Bonchev–Trinajstić information content (AvgIpc) is 3.20. The Kier molecular flexibility index (Phi) is 9.73. The number of rotatable bonds is 14. The van der Waals surface area contributed by atoms with Gasteiger partial charge in [-0.2, -0.15) is 0 Å². The van der Waals surface area contributed by atoms with Crippen molar-refractivity contribution in [2.24, 2.45) is 0 Å². The molecule has 0 spiro atoms. The highest BCUT2D eigenvalue weighted by Gasteiger charge is 2.36. The highest BCUT2D eigenvalue weighted by molar-refractivity contribution is 6.34. The van der Waals surface area contributed by atoms with Crippen LogP contribution in [0.2, 0.25) is 0 Å². The highest BCUT2D eigenvalue weighted by atomic mass is 16.5. The molecule has 3 aromatic carbocycles. The first-order valence-corrected chi connectivity index (χ1v) is 13.6. The number of fused-ring (bicyclic) bond motifs is 1. The first-order chi connectivity index (χ1) is 18.9. The third kappa shape index (κ3) is 7.47. The van der Waals surface area contributed by atoms with Crippen LogP contribution in [0.25, 0.3) is 0 Å². The average molecular weight is 529 g/mol. The van der Waals surface area contributed by atoms with Gasteiger partial charge in [-0.3, -0.25) is 14.4 Å². The number of ether oxygens (including phenoxy) is 2. The van der Waals surface area contributed by atoms with Crippen LogP contribution in [0.3, 0.4) is 0 Å². The molecule has 0 atom stereocenters. The second-order valence-electron chi connectivity index (χ2n) is 9.91. The van der Waals surface area contributed by atoms with Crippen molar-refractivity contribution in [2.45, 2.75) is 44.9 Å². The predicted octanol–water partition coefficient (Wildman–Crippen LogP) is 6.06. The topological polar surface area (TPSA) is 76.2 Å². The Hall–Kier alpha value is -4.13. The van der Waals surface area contributed by atoms with Gasteiger partial charge < -0.3 is 14.4 Å². The van der Waals surface area contributed by atoms with Crippen LogP contribution < -0.4 is 14.5 Å². The summed E-state index contributed by atoms with van der Waals surface area (Å²) in [7, 11) is 3.98. The molecule has 0 aliphatic carbocycles. The zero-order valence-electron chi connectivity index (χ0n) is 22.7. The molecule has 3 aromatic rings. The van der Waals surface area contributed by atoms with Gasteiger partial charge in [-0.1, -0.05) is 49.9 Å². The van der Waals surface area contributed by atoms with Crippen molar-refractivity contribution in [2.75, 3.05) is 37.1 Å². The molecule has 0 radical (unpaired) electrons. The molecule has 0 bridgehead atoms. The van der Waals surface area contributed by atoms with E-state index in [9.17, 15) is 14.4 Å². The molecule has 1 heterocycles. The SMILES string of the molecule is CN(C)c1ccc(CC(=O)OCCCCCCCCOc2ccc(N3C(=O)c4ccccc4C3=O)cc2)cc1. The van der Waals surface area contributed by atoms with Crippen LogP contribution in [0.5, 0.6) is 5.75 Å². The van der Waals surface area contributed by atoms with Crippen molar-refractivity contribution in [3.8, 4) is 5.75 Å². The molecule has 0 fully saturated rings. The van der Waals surface area contributed by atoms with Crippen LogP contribution in [-0.2, 0) is 16.0 Å². The van der Waals surface area contributed by atoms with Crippen LogP contribution in [-0.4, -0.2) is 45.1 Å². The second kappa shape index (κ2) is 13.6. The number of carbonyl (C=O) groups excluding carboxylic acids is 3. The Balaban J connectivity index is 1.04. The van der Waals surface area contributed by atoms with Gasteiger partial charge in [0, 0.05) is 19.8 Å². The quantitative estimate of drug-likeness (QED) is 0.144. The summed E-state index contributed by atoms with van der Waals surface area (Å²) in [5.74, 6) is -0.0609. The van der Waals surface area contributed by atoms with Gasteiger partial charge in [-0.15, -0.1) is 0 Å². The summed E-state index contributed by atoms with van der Waals surface area (Å²) in [5, 5.41) is 0. The molecular weight excluding hydrogens is 492 g/mol. The first kappa shape index (κ1) is 27.9. The van der Waals surface area contributed by atoms with Gasteiger partial charge >= 0.3 is 5.97 Å². The van der Waals surface area contributed by atoms with E-state index >= 15 is 0 Å². The smallest absolute Gasteiger partial charge is 0.310 e. The lowest BCUT2D eigenvalue weighted by molar-refractivity contribution is -0.142. The normalized spacial score (nSPS) is 12.4. The number of imide groups is 1. The lowest BCUT2D eigenvalue weighted by Crippen LogP contribution is -2.29. The van der Waals surface area contributed by atoms with Crippen molar-refractivity contribution in [1.29, 1.82) is 0 Å². The molecule has 4 rings (SSSR count). The van der Waals surface area contributed by atoms with E-state index in [1.807, 2.05) is 43.3 Å². The number of benzene rings is 3. The fourth-order valence-electron chi connectivity index (χ4n) is 4.53. The van der Waals surface area contributed by atoms with Gasteiger partial charge in [0.15, 0.2) is 0 Å². The maximum absolute atomic E-state index is 12.6. The second-order valence-corrected chi connectivity index (χ2v) is 9.91. The van der Waals surface area contributed by atoms with Crippen LogP contribution in [0.4, 0.5) is 11.4 Å². The summed E-state index contributed by atoms with van der Waals surface area (Å²) in [6.07, 6.45) is 6.43. The molecule has 0 N–H and O–H groups in total. The fourth-order valence-corrected chi connectivity index (χ4v) is 4.53. The van der Waals surface area contributed by atoms with Crippen LogP contribution >= 0.6 is 0 Å². The van der Waals surface area contributed by atoms with E-state index in [0.29, 0.717) is 42.2 Å². The lowest BCUT2D eigenvalue weighted by Gasteiger charge is -2.14. The zero-order valence-corrected chi connectivity index (χ0v) is 22.7. The molecule has 1 aliphatic heterocycles. The van der Waals surface area contributed by atoms with Crippen molar-refractivity contribution in [1.82, 2.24) is 0 Å². The standard InChI is InChI=1S/C32H36N2O5/c1-33(2)25-15-13-24(14-16-25)23-30(35)39-22-10-6-4-3-5-9-21-38-27-19-17-26(18-20-27)34-31(36)28-11-7-8-12-29(28)32(34)37/h7-8,11-20H,3-6,9-10,21-23H2,1-2H3. The third-order valence-corrected chi connectivity index (χ3v) is 6.76. The molecule has 204 valence electrons. The van der Waals surface area contributed by atoms with Crippen molar-refractivity contribution in [3.05, 3.63) is 89.5 Å². The van der Waals surface area contributed by atoms with Crippen molar-refractivity contribution >= 4 is 29.2 Å². The number of unbranched alkanes of at least 4 members (excludes halogenated alkanes) is 5. The van der Waals surface area contributed by atoms with E-state index in [2.05, 4.69) is 0 Å². The molecule has 1 aliphatic rings. The zero-order chi connectivity index (χ0) is 27.6. The van der Waals surface area contributed by atoms with Gasteiger partial charge in [0.05, 0.1) is 36.4 Å². The number of amides is 2. The minimum Gasteiger partial charge on any atom is -0.494 e. The van der Waals surface area contributed by atoms with Gasteiger partial charge in [-0.25, -0.2) is 4.90 Å². The van der Waals surface area contributed by atoms with Gasteiger partial charge in [0.25, 0.3) is 11.8 Å². The molecule has 7 nitrogen and oxygen atoms in total. The number of esters is 1. The molecule has 0 saturated heterocycles. The minimum atomic E-state index is -0.298. The van der Waals surface area contributed by atoms with Crippen molar-refractivity contribution < 1.29 is 23.9 Å². The maximum atomic E-state index is 12.6. The predicted molar refractivity (Wildman–Crippen MR) is 153 cm³/mol. The minimum absolute atomic E-state index is 0.179. The highest BCUT2D eigenvalue weighted by Crippen LogP contribution is 2.29. The lowest BCUT2D eigenvalue weighted by atomic mass is 10.1. The number of carbonyl (C=O) groups is 3. The summed E-state index contributed by atoms with van der Waals surface area (Å²) in [5.41, 5.74) is 3.48. The number of hydrogen-bond acceptors (Lipinski definition) is 6. The summed E-state index contributed by atoms with van der Waals surface area (Å²) in [6, 6.07) is 21.9. The van der Waals surface area contributed by atoms with Crippen molar-refractivity contribution in [3.63, 3.8) is 0 Å². The first-order valence-electron chi connectivity index (χ1n) is 13.6. The Morgan fingerprint density at radius 2 is 1.28 bits per heavy atom. The molecule has 0 aromatic heterocycles. The van der Waals surface area contributed by atoms with Crippen LogP contribution in [0, 0.1) is 0 Å². The van der Waals surface area contributed by atoms with Crippen LogP contribution in [0.15, 0.2) is 72.8 Å². The van der Waals surface area contributed by atoms with E-state index in [1.165, 1.54) is 4.90 Å². The molecule has 2 amide bonds. The Morgan fingerprint density at radius 3 is 1.87 bits per heavy atom. The van der Waals surface area contributed by atoms with Gasteiger partial charge in [0.1, 0.15) is 5.75 Å². The van der Waals surface area contributed by atoms with Crippen LogP contribution in [0.1, 0.15) is 64.8 Å². The molecule has 0 saturated carbocycles. The van der Waals surface area contributed by atoms with E-state index in [-0.39, 0.29) is 17.8 Å². The van der Waals surface area contributed by atoms with E-state index in [0.717, 1.165) is 49.8 Å². The monoisotopic (exact) mass is 528 g/mol. The number of hydrogen-bond donors (Lipinski definition) is 0. The number of nitrogens with zero attached hydrogens (tertiary/aromatic N) is 2. The molecular formula is C32H36N2O5. The third-order valence-electron chi connectivity index (χ3n) is 6.76. The molecule has 7 heteroatoms. The van der Waals surface area contributed by atoms with E-state index < -0.39 is 0 Å². The Labute approximate surface area is 230 Å². The summed E-state index contributed by atoms with van der Waals surface area (Å²) in [4.78, 5) is 40.5. The number of anilines is 2. The largest absolute Gasteiger partial charge is 0.494 e. The van der Waals surface area contributed by atoms with Gasteiger partial charge in [0.2, 0.25) is 0 Å². The van der Waals surface area contributed by atoms with E-state index in [4.69, 9.17) is 9.47 Å². The summed E-state index contributed by atoms with van der Waals surface area (Å²) < 4.78 is 11.2. The Morgan fingerprint density at radius 1 is 0.718 bits per heavy atom. The maximum Gasteiger partial charge on any atom is 0.310 e. The fraction of sp³-hybridized carbons (Fsp3) is 0.344. The van der Waals surface area contributed by atoms with Gasteiger partial charge in [-0.05, 0) is 66.9 Å². The Bertz CT molecular complexity index is 1230.